The predicted molar refractivity (Wildman–Crippen MR) is 60.9 cm³/mol. The molecule has 90 valence electrons. The van der Waals surface area contributed by atoms with Gasteiger partial charge in [-0.3, -0.25) is 0 Å². The summed E-state index contributed by atoms with van der Waals surface area (Å²) >= 11 is 3.27. The van der Waals surface area contributed by atoms with Gasteiger partial charge >= 0.3 is 0 Å². The van der Waals surface area contributed by atoms with Crippen LogP contribution in [0.1, 0.15) is 13.3 Å². The zero-order valence-electron chi connectivity index (χ0n) is 8.79. The van der Waals surface area contributed by atoms with E-state index in [1.54, 1.807) is 24.3 Å². The highest BCUT2D eigenvalue weighted by Crippen LogP contribution is 2.21. The summed E-state index contributed by atoms with van der Waals surface area (Å²) in [4.78, 5) is 0. The molecule has 0 aliphatic carbocycles. The van der Waals surface area contributed by atoms with E-state index in [1.165, 1.54) is 0 Å². The summed E-state index contributed by atoms with van der Waals surface area (Å²) in [6.07, 6.45) is -2.87. The second kappa shape index (κ2) is 5.59. The highest BCUT2D eigenvalue weighted by atomic mass is 79.9. The zero-order chi connectivity index (χ0) is 12.2. The summed E-state index contributed by atoms with van der Waals surface area (Å²) < 4.78 is 30.7. The number of aliphatic hydroxyl groups is 1. The summed E-state index contributed by atoms with van der Waals surface area (Å²) in [6, 6.07) is 7.03. The predicted octanol–water partition coefficient (Wildman–Crippen LogP) is 3.23. The maximum atomic E-state index is 12.3. The minimum atomic E-state index is -2.76. The first-order valence-electron chi connectivity index (χ1n) is 4.81. The van der Waals surface area contributed by atoms with E-state index in [0.717, 1.165) is 11.4 Å². The average Bonchev–Trinajstić information content (AvgIpc) is 2.20. The van der Waals surface area contributed by atoms with Crippen LogP contribution in [0.3, 0.4) is 0 Å². The third kappa shape index (κ3) is 4.06. The molecule has 0 spiro atoms. The van der Waals surface area contributed by atoms with Crippen LogP contribution in [-0.2, 0) is 0 Å². The number of rotatable bonds is 5. The van der Waals surface area contributed by atoms with Gasteiger partial charge < -0.3 is 9.84 Å². The number of hydrogen-bond acceptors (Lipinski definition) is 2. The number of benzene rings is 1. The first kappa shape index (κ1) is 13.4. The average molecular weight is 295 g/mol. The van der Waals surface area contributed by atoms with Crippen molar-refractivity contribution in [2.24, 2.45) is 0 Å². The summed E-state index contributed by atoms with van der Waals surface area (Å²) in [5, 5.41) is 9.28. The molecule has 0 bridgehead atoms. The molecule has 1 N–H and O–H groups in total. The van der Waals surface area contributed by atoms with E-state index in [1.807, 2.05) is 0 Å². The van der Waals surface area contributed by atoms with Crippen molar-refractivity contribution in [1.82, 2.24) is 0 Å². The Bertz CT molecular complexity index is 325. The van der Waals surface area contributed by atoms with Crippen LogP contribution in [0, 0.1) is 0 Å². The van der Waals surface area contributed by atoms with Gasteiger partial charge in [0.25, 0.3) is 6.43 Å². The Morgan fingerprint density at radius 3 is 2.44 bits per heavy atom. The molecular weight excluding hydrogens is 282 g/mol. The first-order valence-corrected chi connectivity index (χ1v) is 5.60. The van der Waals surface area contributed by atoms with E-state index in [9.17, 15) is 13.9 Å². The molecule has 0 saturated heterocycles. The van der Waals surface area contributed by atoms with Crippen molar-refractivity contribution in [3.8, 4) is 5.75 Å². The van der Waals surface area contributed by atoms with Gasteiger partial charge in [-0.1, -0.05) is 15.9 Å². The van der Waals surface area contributed by atoms with Gasteiger partial charge in [-0.05, 0) is 31.2 Å². The highest BCUT2D eigenvalue weighted by molar-refractivity contribution is 9.10. The Morgan fingerprint density at radius 2 is 1.94 bits per heavy atom. The van der Waals surface area contributed by atoms with Crippen LogP contribution in [0.4, 0.5) is 8.78 Å². The quantitative estimate of drug-likeness (QED) is 0.903. The van der Waals surface area contributed by atoms with Gasteiger partial charge in [0.2, 0.25) is 0 Å². The lowest BCUT2D eigenvalue weighted by molar-refractivity contribution is -0.0926. The van der Waals surface area contributed by atoms with Gasteiger partial charge in [0, 0.05) is 10.9 Å². The minimum Gasteiger partial charge on any atom is -0.493 e. The second-order valence-corrected chi connectivity index (χ2v) is 4.63. The molecule has 0 heterocycles. The highest BCUT2D eigenvalue weighted by Gasteiger charge is 2.31. The van der Waals surface area contributed by atoms with E-state index >= 15 is 0 Å². The fourth-order valence-corrected chi connectivity index (χ4v) is 1.28. The van der Waals surface area contributed by atoms with Crippen molar-refractivity contribution in [3.05, 3.63) is 28.7 Å². The van der Waals surface area contributed by atoms with Gasteiger partial charge in [-0.2, -0.15) is 0 Å². The minimum absolute atomic E-state index is 0.0545. The van der Waals surface area contributed by atoms with Crippen molar-refractivity contribution in [2.75, 3.05) is 6.61 Å². The Balaban J connectivity index is 2.39. The van der Waals surface area contributed by atoms with Gasteiger partial charge in [-0.15, -0.1) is 0 Å². The monoisotopic (exact) mass is 294 g/mol. The maximum absolute atomic E-state index is 12.3. The molecule has 1 atom stereocenters. The fourth-order valence-electron chi connectivity index (χ4n) is 1.02. The largest absolute Gasteiger partial charge is 0.493 e. The van der Waals surface area contributed by atoms with E-state index in [0.29, 0.717) is 5.75 Å². The van der Waals surface area contributed by atoms with Crippen LogP contribution in [-0.4, -0.2) is 23.7 Å². The molecule has 5 heteroatoms. The molecule has 1 unspecified atom stereocenters. The summed E-state index contributed by atoms with van der Waals surface area (Å²) in [5.41, 5.74) is -1.99. The van der Waals surface area contributed by atoms with Crippen molar-refractivity contribution >= 4 is 15.9 Å². The molecule has 0 aliphatic rings. The number of hydrogen-bond donors (Lipinski definition) is 1. The van der Waals surface area contributed by atoms with Gasteiger partial charge in [-0.25, -0.2) is 8.78 Å². The lowest BCUT2D eigenvalue weighted by Gasteiger charge is -2.21. The molecule has 0 saturated carbocycles. The lowest BCUT2D eigenvalue weighted by atomic mass is 10.0. The van der Waals surface area contributed by atoms with Gasteiger partial charge in [0.05, 0.1) is 6.61 Å². The third-order valence-corrected chi connectivity index (χ3v) is 2.69. The summed E-state index contributed by atoms with van der Waals surface area (Å²) in [5.74, 6) is 0.591. The van der Waals surface area contributed by atoms with E-state index in [4.69, 9.17) is 4.74 Å². The number of halogens is 3. The standard InChI is InChI=1S/C11H13BrF2O2/c1-11(15,10(13)14)6-7-16-9-4-2-8(12)3-5-9/h2-5,10,15H,6-7H2,1H3. The number of alkyl halides is 2. The van der Waals surface area contributed by atoms with E-state index in [2.05, 4.69) is 15.9 Å². The maximum Gasteiger partial charge on any atom is 0.266 e. The van der Waals surface area contributed by atoms with Crippen LogP contribution in [0.5, 0.6) is 5.75 Å². The zero-order valence-corrected chi connectivity index (χ0v) is 10.4. The molecule has 0 aliphatic heterocycles. The SMILES string of the molecule is CC(O)(CCOc1ccc(Br)cc1)C(F)F. The molecule has 1 rings (SSSR count). The Labute approximate surface area is 101 Å². The van der Waals surface area contributed by atoms with Crippen LogP contribution in [0.2, 0.25) is 0 Å². The van der Waals surface area contributed by atoms with Crippen LogP contribution < -0.4 is 4.74 Å². The molecular formula is C11H13BrF2O2. The molecule has 2 nitrogen and oxygen atoms in total. The summed E-state index contributed by atoms with van der Waals surface area (Å²) in [7, 11) is 0. The van der Waals surface area contributed by atoms with Crippen molar-refractivity contribution in [3.63, 3.8) is 0 Å². The lowest BCUT2D eigenvalue weighted by Crippen LogP contribution is -2.35. The van der Waals surface area contributed by atoms with Crippen LogP contribution in [0.25, 0.3) is 0 Å². The second-order valence-electron chi connectivity index (χ2n) is 3.71. The number of ether oxygens (including phenoxy) is 1. The van der Waals surface area contributed by atoms with Crippen molar-refractivity contribution in [2.45, 2.75) is 25.4 Å². The Morgan fingerprint density at radius 1 is 1.38 bits per heavy atom. The van der Waals surface area contributed by atoms with Crippen molar-refractivity contribution < 1.29 is 18.6 Å². The smallest absolute Gasteiger partial charge is 0.266 e. The molecule has 0 aromatic heterocycles. The molecule has 0 radical (unpaired) electrons. The van der Waals surface area contributed by atoms with Crippen LogP contribution >= 0.6 is 15.9 Å². The van der Waals surface area contributed by atoms with Crippen LogP contribution in [0.15, 0.2) is 28.7 Å². The Kier molecular flexibility index (Phi) is 4.68. The van der Waals surface area contributed by atoms with E-state index < -0.39 is 12.0 Å². The molecule has 0 fully saturated rings. The van der Waals surface area contributed by atoms with Gasteiger partial charge in [0.15, 0.2) is 0 Å². The topological polar surface area (TPSA) is 29.5 Å². The summed E-state index contributed by atoms with van der Waals surface area (Å²) in [6.45, 7) is 1.15. The first-order chi connectivity index (χ1) is 7.42. The third-order valence-electron chi connectivity index (χ3n) is 2.16. The van der Waals surface area contributed by atoms with Gasteiger partial charge in [0.1, 0.15) is 11.4 Å². The molecule has 0 amide bonds. The molecule has 1 aromatic carbocycles. The van der Waals surface area contributed by atoms with Crippen molar-refractivity contribution in [1.29, 1.82) is 0 Å². The molecule has 16 heavy (non-hydrogen) atoms. The fraction of sp³-hybridized carbons (Fsp3) is 0.455. The molecule has 1 aromatic rings. The normalized spacial score (nSPS) is 14.9. The van der Waals surface area contributed by atoms with E-state index in [-0.39, 0.29) is 13.0 Å². The Hall–Kier alpha value is -0.680.